The molecule has 1 aliphatic carbocycles. The summed E-state index contributed by atoms with van der Waals surface area (Å²) in [6, 6.07) is 8.27. The third-order valence-corrected chi connectivity index (χ3v) is 7.73. The fourth-order valence-corrected chi connectivity index (χ4v) is 5.52. The number of alkyl carbamates (subject to hydrolysis) is 1. The molecular formula is C34H37F2N3O7. The van der Waals surface area contributed by atoms with E-state index in [0.29, 0.717) is 19.3 Å². The molecule has 5 rings (SSSR count). The number of amides is 2. The van der Waals surface area contributed by atoms with Gasteiger partial charge in [0.05, 0.1) is 29.6 Å². The van der Waals surface area contributed by atoms with E-state index in [2.05, 4.69) is 5.32 Å². The lowest BCUT2D eigenvalue weighted by atomic mass is 10.0. The number of nitrogens with one attached hydrogen (secondary N) is 1. The molecule has 0 spiro atoms. The number of likely N-dealkylation sites (tertiary alicyclic amines) is 1. The molecule has 1 N–H and O–H groups in total. The lowest BCUT2D eigenvalue weighted by Gasteiger charge is -2.27. The molecule has 2 amide bonds. The Labute approximate surface area is 264 Å². The first-order valence-electron chi connectivity index (χ1n) is 15.3. The van der Waals surface area contributed by atoms with E-state index in [4.69, 9.17) is 14.2 Å². The topological polar surface area (TPSA) is 116 Å². The SMILES string of the molecule is CCOC(=O)c1cn(C2CC2)c2c(/C=C\[C@@H]3[C@H](NC(=O)OC(C)(C)C)CCN3C(=O)OCc3ccccc3)c(F)c(F)cc2c1=O. The molecule has 244 valence electrons. The number of fused-ring (bicyclic) bond motifs is 1. The van der Waals surface area contributed by atoms with Crippen molar-refractivity contribution >= 4 is 35.1 Å². The molecule has 10 nitrogen and oxygen atoms in total. The fourth-order valence-electron chi connectivity index (χ4n) is 5.52. The van der Waals surface area contributed by atoms with Crippen molar-refractivity contribution < 1.29 is 37.4 Å². The van der Waals surface area contributed by atoms with Gasteiger partial charge in [-0.15, -0.1) is 0 Å². The van der Waals surface area contributed by atoms with Crippen LogP contribution < -0.4 is 10.7 Å². The number of pyridine rings is 1. The second-order valence-electron chi connectivity index (χ2n) is 12.3. The number of halogens is 2. The first-order valence-corrected chi connectivity index (χ1v) is 15.3. The number of esters is 1. The molecule has 1 aliphatic heterocycles. The van der Waals surface area contributed by atoms with Crippen LogP contribution in [-0.4, -0.2) is 58.5 Å². The van der Waals surface area contributed by atoms with Crippen molar-refractivity contribution in [3.05, 3.63) is 87.2 Å². The van der Waals surface area contributed by atoms with Crippen LogP contribution in [0.15, 0.2) is 53.5 Å². The average molecular weight is 638 g/mol. The van der Waals surface area contributed by atoms with Gasteiger partial charge < -0.3 is 24.1 Å². The van der Waals surface area contributed by atoms with Crippen LogP contribution in [0, 0.1) is 11.6 Å². The second-order valence-corrected chi connectivity index (χ2v) is 12.3. The minimum atomic E-state index is -1.28. The summed E-state index contributed by atoms with van der Waals surface area (Å²) in [6.45, 7) is 7.01. The van der Waals surface area contributed by atoms with Crippen molar-refractivity contribution in [3.8, 4) is 0 Å². The van der Waals surface area contributed by atoms with Gasteiger partial charge in [-0.1, -0.05) is 42.5 Å². The third kappa shape index (κ3) is 7.21. The molecule has 3 aromatic rings. The predicted octanol–water partition coefficient (Wildman–Crippen LogP) is 6.11. The fraction of sp³-hybridized carbons (Fsp3) is 0.412. The molecule has 2 aliphatic rings. The van der Waals surface area contributed by atoms with Gasteiger partial charge in [-0.3, -0.25) is 9.69 Å². The minimum Gasteiger partial charge on any atom is -0.462 e. The third-order valence-electron chi connectivity index (χ3n) is 7.73. The van der Waals surface area contributed by atoms with E-state index in [1.54, 1.807) is 32.3 Å². The Bertz CT molecular complexity index is 1730. The molecule has 0 radical (unpaired) electrons. The number of ether oxygens (including phenoxy) is 3. The zero-order chi connectivity index (χ0) is 33.2. The zero-order valence-corrected chi connectivity index (χ0v) is 26.2. The Hall–Kier alpha value is -4.74. The number of nitrogens with zero attached hydrogens (tertiary/aromatic N) is 2. The van der Waals surface area contributed by atoms with Gasteiger partial charge in [0.25, 0.3) is 0 Å². The first-order chi connectivity index (χ1) is 21.9. The summed E-state index contributed by atoms with van der Waals surface area (Å²) < 4.78 is 48.3. The van der Waals surface area contributed by atoms with Crippen molar-refractivity contribution in [1.29, 1.82) is 0 Å². The summed E-state index contributed by atoms with van der Waals surface area (Å²) >= 11 is 0. The number of carbonyl (C=O) groups is 3. The highest BCUT2D eigenvalue weighted by molar-refractivity contribution is 5.96. The monoisotopic (exact) mass is 637 g/mol. The van der Waals surface area contributed by atoms with Crippen LogP contribution in [-0.2, 0) is 20.8 Å². The highest BCUT2D eigenvalue weighted by atomic mass is 19.2. The number of carbonyl (C=O) groups excluding carboxylic acids is 3. The predicted molar refractivity (Wildman–Crippen MR) is 166 cm³/mol. The Kier molecular flexibility index (Phi) is 9.45. The van der Waals surface area contributed by atoms with Crippen LogP contribution in [0.4, 0.5) is 18.4 Å². The highest BCUT2D eigenvalue weighted by Gasteiger charge is 2.38. The summed E-state index contributed by atoms with van der Waals surface area (Å²) in [5, 5.41) is 2.61. The van der Waals surface area contributed by atoms with E-state index in [0.717, 1.165) is 11.6 Å². The molecule has 1 aromatic heterocycles. The normalized spacial score (nSPS) is 18.2. The maximum absolute atomic E-state index is 15.6. The van der Waals surface area contributed by atoms with Gasteiger partial charge in [0.15, 0.2) is 11.6 Å². The Morgan fingerprint density at radius 1 is 1.07 bits per heavy atom. The lowest BCUT2D eigenvalue weighted by molar-refractivity contribution is 0.0489. The highest BCUT2D eigenvalue weighted by Crippen LogP contribution is 2.39. The minimum absolute atomic E-state index is 0.0103. The Morgan fingerprint density at radius 2 is 1.78 bits per heavy atom. The van der Waals surface area contributed by atoms with E-state index >= 15 is 8.78 Å². The molecule has 12 heteroatoms. The smallest absolute Gasteiger partial charge is 0.410 e. The molecular weight excluding hydrogens is 600 g/mol. The van der Waals surface area contributed by atoms with E-state index in [1.807, 2.05) is 30.3 Å². The molecule has 1 saturated carbocycles. The van der Waals surface area contributed by atoms with Crippen LogP contribution in [0.2, 0.25) is 0 Å². The van der Waals surface area contributed by atoms with Crippen molar-refractivity contribution in [2.75, 3.05) is 13.2 Å². The maximum Gasteiger partial charge on any atom is 0.410 e. The zero-order valence-electron chi connectivity index (χ0n) is 26.2. The van der Waals surface area contributed by atoms with E-state index < -0.39 is 52.9 Å². The van der Waals surface area contributed by atoms with Crippen molar-refractivity contribution in [2.45, 2.75) is 77.3 Å². The van der Waals surface area contributed by atoms with Crippen LogP contribution in [0.25, 0.3) is 17.0 Å². The standard InChI is InChI=1S/C34H37F2N3O7/c1-5-44-31(41)24-18-39(21-11-12-21)29-22(28(36)25(35)17-23(29)30(24)40)13-14-27-26(37-32(42)46-34(2,3)4)15-16-38(27)33(43)45-19-20-9-7-6-8-10-20/h6-10,13-14,17-18,21,26-27H,5,11-12,15-16,19H2,1-4H3,(H,37,42)/b14-13-/t26-,27-/m1/s1. The van der Waals surface area contributed by atoms with Gasteiger partial charge in [0.1, 0.15) is 17.8 Å². The van der Waals surface area contributed by atoms with Gasteiger partial charge in [-0.05, 0) is 58.6 Å². The largest absolute Gasteiger partial charge is 0.462 e. The van der Waals surface area contributed by atoms with E-state index in [-0.39, 0.29) is 47.8 Å². The molecule has 46 heavy (non-hydrogen) atoms. The van der Waals surface area contributed by atoms with Crippen LogP contribution in [0.5, 0.6) is 0 Å². The first kappa shape index (κ1) is 32.6. The summed E-state index contributed by atoms with van der Waals surface area (Å²) in [4.78, 5) is 53.4. The molecule has 2 heterocycles. The molecule has 0 unspecified atom stereocenters. The van der Waals surface area contributed by atoms with Crippen molar-refractivity contribution in [1.82, 2.24) is 14.8 Å². The molecule has 1 saturated heterocycles. The van der Waals surface area contributed by atoms with Gasteiger partial charge in [0, 0.05) is 24.3 Å². The Balaban J connectivity index is 1.54. The van der Waals surface area contributed by atoms with E-state index in [9.17, 15) is 19.2 Å². The van der Waals surface area contributed by atoms with Crippen LogP contribution in [0.1, 0.15) is 74.5 Å². The summed E-state index contributed by atoms with van der Waals surface area (Å²) in [5.74, 6) is -3.33. The molecule has 2 aromatic carbocycles. The summed E-state index contributed by atoms with van der Waals surface area (Å²) in [5.41, 5.74) is -1.17. The number of benzene rings is 2. The van der Waals surface area contributed by atoms with Gasteiger partial charge >= 0.3 is 18.2 Å². The average Bonchev–Trinajstić information content (AvgIpc) is 3.77. The summed E-state index contributed by atoms with van der Waals surface area (Å²) in [7, 11) is 0. The van der Waals surface area contributed by atoms with Crippen molar-refractivity contribution in [2.24, 2.45) is 0 Å². The maximum atomic E-state index is 15.6. The number of aromatic nitrogens is 1. The van der Waals surface area contributed by atoms with Crippen LogP contribution >= 0.6 is 0 Å². The molecule has 2 fully saturated rings. The quantitative estimate of drug-likeness (QED) is 0.234. The number of rotatable bonds is 8. The second kappa shape index (κ2) is 13.3. The van der Waals surface area contributed by atoms with Crippen LogP contribution in [0.3, 0.4) is 0 Å². The summed E-state index contributed by atoms with van der Waals surface area (Å²) in [6.07, 6.45) is 4.53. The van der Waals surface area contributed by atoms with Crippen molar-refractivity contribution in [3.63, 3.8) is 0 Å². The Morgan fingerprint density at radius 3 is 2.43 bits per heavy atom. The van der Waals surface area contributed by atoms with Gasteiger partial charge in [0.2, 0.25) is 5.43 Å². The number of hydrogen-bond acceptors (Lipinski definition) is 7. The molecule has 0 bridgehead atoms. The lowest BCUT2D eigenvalue weighted by Crippen LogP contribution is -2.47. The van der Waals surface area contributed by atoms with E-state index in [1.165, 1.54) is 23.2 Å². The number of hydrogen-bond donors (Lipinski definition) is 1. The molecule has 2 atom stereocenters. The van der Waals surface area contributed by atoms with Gasteiger partial charge in [-0.2, -0.15) is 0 Å². The van der Waals surface area contributed by atoms with Gasteiger partial charge in [-0.25, -0.2) is 23.2 Å².